The normalized spacial score (nSPS) is 19.1. The lowest BCUT2D eigenvalue weighted by molar-refractivity contribution is -0.120. The second kappa shape index (κ2) is 9.47. The number of carbonyl (C=O) groups excluding carboxylic acids is 1. The van der Waals surface area contributed by atoms with E-state index in [-0.39, 0.29) is 17.9 Å². The highest BCUT2D eigenvalue weighted by molar-refractivity contribution is 5.94. The number of hydrogen-bond donors (Lipinski definition) is 2. The van der Waals surface area contributed by atoms with Crippen molar-refractivity contribution in [3.05, 3.63) is 36.6 Å². The third-order valence-electron chi connectivity index (χ3n) is 5.67. The largest absolute Gasteiger partial charge is 0.439 e. The number of aryl methyl sites for hydroxylation is 1. The number of fused-ring (bicyclic) bond motifs is 1. The van der Waals surface area contributed by atoms with Gasteiger partial charge in [0.15, 0.2) is 11.7 Å². The first kappa shape index (κ1) is 21.3. The molecule has 0 aliphatic heterocycles. The Morgan fingerprint density at radius 3 is 2.48 bits per heavy atom. The highest BCUT2D eigenvalue weighted by atomic mass is 19.1. The van der Waals surface area contributed by atoms with Gasteiger partial charge in [0.1, 0.15) is 24.9 Å². The summed E-state index contributed by atoms with van der Waals surface area (Å²) in [6.07, 6.45) is 7.76. The molecule has 31 heavy (non-hydrogen) atoms. The summed E-state index contributed by atoms with van der Waals surface area (Å²) in [5.41, 5.74) is 0.655. The fourth-order valence-corrected chi connectivity index (χ4v) is 3.94. The summed E-state index contributed by atoms with van der Waals surface area (Å²) in [6, 6.07) is 2.97. The molecule has 1 amide bonds. The summed E-state index contributed by atoms with van der Waals surface area (Å²) in [4.78, 5) is 25.5. The first-order valence-electron chi connectivity index (χ1n) is 10.4. The predicted octanol–water partition coefficient (Wildman–Crippen LogP) is 3.99. The molecule has 0 spiro atoms. The zero-order chi connectivity index (χ0) is 21.8. The van der Waals surface area contributed by atoms with E-state index in [4.69, 9.17) is 4.42 Å². The van der Waals surface area contributed by atoms with Crippen molar-refractivity contribution in [1.29, 1.82) is 0 Å². The number of anilines is 1. The number of halogens is 2. The van der Waals surface area contributed by atoms with Crippen molar-refractivity contribution in [2.24, 2.45) is 5.92 Å². The summed E-state index contributed by atoms with van der Waals surface area (Å²) in [7, 11) is 0. The number of oxazole rings is 1. The molecule has 0 radical (unpaired) electrons. The maximum absolute atomic E-state index is 12.7. The van der Waals surface area contributed by atoms with Crippen LogP contribution < -0.4 is 10.6 Å². The van der Waals surface area contributed by atoms with E-state index in [9.17, 15) is 13.6 Å². The molecule has 1 saturated carbocycles. The molecule has 3 aromatic rings. The fraction of sp³-hybridized carbons (Fsp3) is 0.455. The third kappa shape index (κ3) is 5.04. The average molecular weight is 429 g/mol. The molecule has 0 aromatic carbocycles. The monoisotopic (exact) mass is 429 g/mol. The molecule has 0 bridgehead atoms. The van der Waals surface area contributed by atoms with Gasteiger partial charge in [0.25, 0.3) is 0 Å². The maximum Gasteiger partial charge on any atom is 0.228 e. The second-order valence-corrected chi connectivity index (χ2v) is 7.94. The molecule has 1 aliphatic carbocycles. The van der Waals surface area contributed by atoms with Crippen molar-refractivity contribution in [2.75, 3.05) is 18.7 Å². The molecule has 1 fully saturated rings. The molecule has 7 nitrogen and oxygen atoms in total. The summed E-state index contributed by atoms with van der Waals surface area (Å²) in [6.45, 7) is 0.321. The number of alkyl halides is 2. The summed E-state index contributed by atoms with van der Waals surface area (Å²) >= 11 is 0. The van der Waals surface area contributed by atoms with Crippen LogP contribution in [0.25, 0.3) is 22.2 Å². The number of pyridine rings is 2. The third-order valence-corrected chi connectivity index (χ3v) is 5.67. The summed E-state index contributed by atoms with van der Waals surface area (Å²) in [5.74, 6) is 1.38. The van der Waals surface area contributed by atoms with Crippen molar-refractivity contribution in [3.8, 4) is 11.5 Å². The zero-order valence-corrected chi connectivity index (χ0v) is 17.3. The molecule has 3 aromatic heterocycles. The average Bonchev–Trinajstić information content (AvgIpc) is 3.23. The van der Waals surface area contributed by atoms with Gasteiger partial charge in [-0.2, -0.15) is 0 Å². The van der Waals surface area contributed by atoms with E-state index in [0.717, 1.165) is 10.8 Å². The zero-order valence-electron chi connectivity index (χ0n) is 17.3. The number of nitrogens with zero attached hydrogens (tertiary/aromatic N) is 3. The SMILES string of the molecule is Cc1ncc(-c2cc3cc(NC(=O)[C@H]4CC[C@H](NC(CF)CF)CC4)ncc3cn2)o1. The summed E-state index contributed by atoms with van der Waals surface area (Å²) < 4.78 is 30.9. The van der Waals surface area contributed by atoms with E-state index in [1.165, 1.54) is 0 Å². The Morgan fingerprint density at radius 1 is 1.06 bits per heavy atom. The molecular weight excluding hydrogens is 404 g/mol. The van der Waals surface area contributed by atoms with E-state index in [1.807, 2.05) is 12.1 Å². The smallest absolute Gasteiger partial charge is 0.228 e. The van der Waals surface area contributed by atoms with Gasteiger partial charge in [-0.1, -0.05) is 0 Å². The Labute approximate surface area is 178 Å². The molecule has 2 N–H and O–H groups in total. The van der Waals surface area contributed by atoms with Crippen molar-refractivity contribution in [1.82, 2.24) is 20.3 Å². The molecule has 0 unspecified atom stereocenters. The van der Waals surface area contributed by atoms with E-state index < -0.39 is 19.4 Å². The van der Waals surface area contributed by atoms with Crippen LogP contribution in [-0.2, 0) is 4.79 Å². The van der Waals surface area contributed by atoms with Gasteiger partial charge in [0.2, 0.25) is 5.91 Å². The highest BCUT2D eigenvalue weighted by Gasteiger charge is 2.27. The van der Waals surface area contributed by atoms with Crippen LogP contribution in [-0.4, -0.2) is 46.3 Å². The molecule has 0 atom stereocenters. The van der Waals surface area contributed by atoms with Crippen molar-refractivity contribution in [2.45, 2.75) is 44.7 Å². The number of nitrogens with one attached hydrogen (secondary N) is 2. The van der Waals surface area contributed by atoms with Gasteiger partial charge in [-0.05, 0) is 43.2 Å². The molecule has 0 saturated heterocycles. The van der Waals surface area contributed by atoms with Crippen LogP contribution in [0.5, 0.6) is 0 Å². The van der Waals surface area contributed by atoms with Gasteiger partial charge >= 0.3 is 0 Å². The number of amides is 1. The quantitative estimate of drug-likeness (QED) is 0.590. The van der Waals surface area contributed by atoms with Crippen molar-refractivity contribution >= 4 is 22.5 Å². The topological polar surface area (TPSA) is 92.9 Å². The first-order chi connectivity index (χ1) is 15.1. The Bertz CT molecular complexity index is 1050. The van der Waals surface area contributed by atoms with E-state index in [0.29, 0.717) is 48.8 Å². The minimum Gasteiger partial charge on any atom is -0.439 e. The molecular formula is C22H25F2N5O2. The fourth-order valence-electron chi connectivity index (χ4n) is 3.94. The van der Waals surface area contributed by atoms with E-state index in [1.54, 1.807) is 25.5 Å². The van der Waals surface area contributed by atoms with Crippen LogP contribution in [0.3, 0.4) is 0 Å². The van der Waals surface area contributed by atoms with Crippen LogP contribution in [0, 0.1) is 12.8 Å². The van der Waals surface area contributed by atoms with Crippen LogP contribution in [0.4, 0.5) is 14.6 Å². The van der Waals surface area contributed by atoms with Crippen LogP contribution in [0.15, 0.2) is 35.1 Å². The van der Waals surface area contributed by atoms with Crippen molar-refractivity contribution < 1.29 is 18.0 Å². The van der Waals surface area contributed by atoms with Crippen molar-refractivity contribution in [3.63, 3.8) is 0 Å². The number of aromatic nitrogens is 3. The lowest BCUT2D eigenvalue weighted by atomic mass is 9.85. The standard InChI is InChI=1S/C22H25F2N5O2/c1-13-25-12-20(31-13)19-6-15-7-21(27-11-16(15)10-26-19)29-22(30)14-2-4-17(5-3-14)28-18(8-23)9-24/h6-7,10-12,14,17-18,28H,2-5,8-9H2,1H3,(H,27,29,30)/t14-,17-. The molecule has 164 valence electrons. The van der Waals surface area contributed by atoms with Gasteiger partial charge in [-0.15, -0.1) is 0 Å². The number of hydrogen-bond acceptors (Lipinski definition) is 6. The molecule has 9 heteroatoms. The summed E-state index contributed by atoms with van der Waals surface area (Å²) in [5, 5.41) is 7.61. The van der Waals surface area contributed by atoms with E-state index >= 15 is 0 Å². The van der Waals surface area contributed by atoms with Crippen LogP contribution in [0.2, 0.25) is 0 Å². The number of rotatable bonds is 7. The maximum atomic E-state index is 12.7. The molecule has 3 heterocycles. The Kier molecular flexibility index (Phi) is 6.50. The van der Waals surface area contributed by atoms with Crippen LogP contribution >= 0.6 is 0 Å². The highest BCUT2D eigenvalue weighted by Crippen LogP contribution is 2.27. The minimum atomic E-state index is -0.752. The van der Waals surface area contributed by atoms with E-state index in [2.05, 4.69) is 25.6 Å². The van der Waals surface area contributed by atoms with Gasteiger partial charge in [-0.25, -0.2) is 18.7 Å². The lowest BCUT2D eigenvalue weighted by Gasteiger charge is -2.30. The Balaban J connectivity index is 1.39. The predicted molar refractivity (Wildman–Crippen MR) is 113 cm³/mol. The molecule has 4 rings (SSSR count). The first-order valence-corrected chi connectivity index (χ1v) is 10.4. The lowest BCUT2D eigenvalue weighted by Crippen LogP contribution is -2.44. The second-order valence-electron chi connectivity index (χ2n) is 7.94. The minimum absolute atomic E-state index is 0.0463. The van der Waals surface area contributed by atoms with Gasteiger partial charge < -0.3 is 15.1 Å². The van der Waals surface area contributed by atoms with Gasteiger partial charge in [0.05, 0.1) is 12.2 Å². The Morgan fingerprint density at radius 2 is 1.81 bits per heavy atom. The van der Waals surface area contributed by atoms with Gasteiger partial charge in [-0.3, -0.25) is 9.78 Å². The number of carbonyl (C=O) groups is 1. The molecule has 1 aliphatic rings. The van der Waals surface area contributed by atoms with Gasteiger partial charge in [0, 0.05) is 36.7 Å². The Hall–Kier alpha value is -2.94. The van der Waals surface area contributed by atoms with Crippen LogP contribution in [0.1, 0.15) is 31.6 Å².